The van der Waals surface area contributed by atoms with E-state index in [-0.39, 0.29) is 0 Å². The number of nitrogens with zero attached hydrogens (tertiary/aromatic N) is 1. The Morgan fingerprint density at radius 2 is 2.00 bits per heavy atom. The SMILES string of the molecule is Cc1ccccc1C(C(C)C)N(C)CC1(C)CCNC1. The van der Waals surface area contributed by atoms with E-state index in [1.807, 2.05) is 0 Å². The van der Waals surface area contributed by atoms with Crippen LogP contribution in [-0.2, 0) is 0 Å². The summed E-state index contributed by atoms with van der Waals surface area (Å²) in [5.74, 6) is 0.624. The Morgan fingerprint density at radius 1 is 1.30 bits per heavy atom. The third-order valence-electron chi connectivity index (χ3n) is 4.70. The molecule has 1 saturated heterocycles. The van der Waals surface area contributed by atoms with Crippen molar-refractivity contribution < 1.29 is 0 Å². The van der Waals surface area contributed by atoms with Crippen LogP contribution in [0, 0.1) is 18.3 Å². The standard InChI is InChI=1S/C18H30N2/c1-14(2)17(16-9-7-6-8-15(16)3)20(5)13-18(4)10-11-19-12-18/h6-9,14,17,19H,10-13H2,1-5H3. The zero-order valence-corrected chi connectivity index (χ0v) is 13.7. The molecule has 0 aromatic heterocycles. The smallest absolute Gasteiger partial charge is 0.0370 e. The van der Waals surface area contributed by atoms with E-state index in [9.17, 15) is 0 Å². The van der Waals surface area contributed by atoms with Gasteiger partial charge in [0.2, 0.25) is 0 Å². The lowest BCUT2D eigenvalue weighted by atomic mass is 9.86. The number of benzene rings is 1. The molecule has 1 aromatic carbocycles. The maximum absolute atomic E-state index is 3.51. The molecule has 1 N–H and O–H groups in total. The van der Waals surface area contributed by atoms with Crippen LogP contribution in [0.4, 0.5) is 0 Å². The van der Waals surface area contributed by atoms with Gasteiger partial charge in [-0.25, -0.2) is 0 Å². The van der Waals surface area contributed by atoms with Gasteiger partial charge < -0.3 is 5.32 Å². The number of hydrogen-bond acceptors (Lipinski definition) is 2. The highest BCUT2D eigenvalue weighted by Gasteiger charge is 2.33. The Bertz CT molecular complexity index is 433. The normalized spacial score (nSPS) is 24.6. The second kappa shape index (κ2) is 6.28. The number of aryl methyl sites for hydroxylation is 1. The molecule has 0 bridgehead atoms. The molecular formula is C18H30N2. The molecular weight excluding hydrogens is 244 g/mol. The summed E-state index contributed by atoms with van der Waals surface area (Å²) in [6, 6.07) is 9.35. The lowest BCUT2D eigenvalue weighted by molar-refractivity contribution is 0.130. The summed E-state index contributed by atoms with van der Waals surface area (Å²) in [4.78, 5) is 2.57. The first-order chi connectivity index (χ1) is 9.43. The van der Waals surface area contributed by atoms with Crippen molar-refractivity contribution in [3.8, 4) is 0 Å². The Balaban J connectivity index is 2.18. The van der Waals surface area contributed by atoms with Crippen molar-refractivity contribution in [2.24, 2.45) is 11.3 Å². The van der Waals surface area contributed by atoms with Crippen molar-refractivity contribution >= 4 is 0 Å². The second-order valence-corrected chi connectivity index (χ2v) is 7.20. The van der Waals surface area contributed by atoms with Gasteiger partial charge in [0, 0.05) is 19.1 Å². The maximum Gasteiger partial charge on any atom is 0.0370 e. The summed E-state index contributed by atoms with van der Waals surface area (Å²) in [6.45, 7) is 12.8. The van der Waals surface area contributed by atoms with E-state index in [4.69, 9.17) is 0 Å². The summed E-state index contributed by atoms with van der Waals surface area (Å²) < 4.78 is 0. The fourth-order valence-electron chi connectivity index (χ4n) is 3.73. The van der Waals surface area contributed by atoms with Crippen LogP contribution >= 0.6 is 0 Å². The molecule has 0 spiro atoms. The first-order valence-electron chi connectivity index (χ1n) is 7.89. The van der Waals surface area contributed by atoms with E-state index in [1.165, 1.54) is 24.1 Å². The van der Waals surface area contributed by atoms with Crippen molar-refractivity contribution in [2.45, 2.75) is 40.2 Å². The van der Waals surface area contributed by atoms with Crippen LogP contribution < -0.4 is 5.32 Å². The molecule has 0 aliphatic carbocycles. The highest BCUT2D eigenvalue weighted by atomic mass is 15.1. The molecule has 20 heavy (non-hydrogen) atoms. The van der Waals surface area contributed by atoms with E-state index in [2.05, 4.69) is 69.2 Å². The Hall–Kier alpha value is -0.860. The monoisotopic (exact) mass is 274 g/mol. The molecule has 2 rings (SSSR count). The minimum absolute atomic E-state index is 0.421. The van der Waals surface area contributed by atoms with Crippen LogP contribution in [-0.4, -0.2) is 31.6 Å². The van der Waals surface area contributed by atoms with Crippen LogP contribution in [0.5, 0.6) is 0 Å². The summed E-state index contributed by atoms with van der Waals surface area (Å²) in [7, 11) is 2.29. The molecule has 112 valence electrons. The zero-order chi connectivity index (χ0) is 14.8. The molecule has 1 fully saturated rings. The van der Waals surface area contributed by atoms with E-state index < -0.39 is 0 Å². The lowest BCUT2D eigenvalue weighted by Gasteiger charge is -2.37. The number of rotatable bonds is 5. The minimum Gasteiger partial charge on any atom is -0.316 e. The van der Waals surface area contributed by atoms with Gasteiger partial charge in [0.05, 0.1) is 0 Å². The van der Waals surface area contributed by atoms with Gasteiger partial charge in [-0.3, -0.25) is 4.90 Å². The molecule has 0 amide bonds. The predicted octanol–water partition coefficient (Wildman–Crippen LogP) is 3.62. The maximum atomic E-state index is 3.51. The van der Waals surface area contributed by atoms with Gasteiger partial charge in [0.15, 0.2) is 0 Å². The summed E-state index contributed by atoms with van der Waals surface area (Å²) in [5.41, 5.74) is 3.32. The Labute approximate surface area is 124 Å². The van der Waals surface area contributed by atoms with E-state index in [1.54, 1.807) is 0 Å². The van der Waals surface area contributed by atoms with Crippen molar-refractivity contribution in [1.82, 2.24) is 10.2 Å². The van der Waals surface area contributed by atoms with E-state index in [0.29, 0.717) is 17.4 Å². The fraction of sp³-hybridized carbons (Fsp3) is 0.667. The van der Waals surface area contributed by atoms with Gasteiger partial charge in [-0.05, 0) is 49.4 Å². The molecule has 0 saturated carbocycles. The molecule has 1 heterocycles. The predicted molar refractivity (Wildman–Crippen MR) is 87.0 cm³/mol. The van der Waals surface area contributed by atoms with Crippen molar-refractivity contribution in [3.05, 3.63) is 35.4 Å². The third kappa shape index (κ3) is 3.42. The van der Waals surface area contributed by atoms with Crippen molar-refractivity contribution in [1.29, 1.82) is 0 Å². The highest BCUT2D eigenvalue weighted by Crippen LogP contribution is 2.34. The average Bonchev–Trinajstić information content (AvgIpc) is 2.78. The largest absolute Gasteiger partial charge is 0.316 e. The average molecular weight is 274 g/mol. The first kappa shape index (κ1) is 15.5. The number of nitrogens with one attached hydrogen (secondary N) is 1. The molecule has 2 atom stereocenters. The summed E-state index contributed by atoms with van der Waals surface area (Å²) >= 11 is 0. The van der Waals surface area contributed by atoms with Crippen LogP contribution in [0.15, 0.2) is 24.3 Å². The summed E-state index contributed by atoms with van der Waals surface area (Å²) in [6.07, 6.45) is 1.29. The molecule has 2 unspecified atom stereocenters. The Morgan fingerprint density at radius 3 is 2.55 bits per heavy atom. The topological polar surface area (TPSA) is 15.3 Å². The van der Waals surface area contributed by atoms with Gasteiger partial charge in [-0.1, -0.05) is 45.0 Å². The van der Waals surface area contributed by atoms with E-state index in [0.717, 1.165) is 13.1 Å². The van der Waals surface area contributed by atoms with Crippen LogP contribution in [0.25, 0.3) is 0 Å². The second-order valence-electron chi connectivity index (χ2n) is 7.20. The lowest BCUT2D eigenvalue weighted by Crippen LogP contribution is -2.39. The van der Waals surface area contributed by atoms with E-state index >= 15 is 0 Å². The van der Waals surface area contributed by atoms with Gasteiger partial charge in [0.25, 0.3) is 0 Å². The summed E-state index contributed by atoms with van der Waals surface area (Å²) in [5, 5.41) is 3.51. The molecule has 2 heteroatoms. The molecule has 2 nitrogen and oxygen atoms in total. The van der Waals surface area contributed by atoms with Crippen molar-refractivity contribution in [3.63, 3.8) is 0 Å². The highest BCUT2D eigenvalue weighted by molar-refractivity contribution is 5.29. The molecule has 1 aromatic rings. The molecule has 1 aliphatic heterocycles. The number of hydrogen-bond donors (Lipinski definition) is 1. The fourth-order valence-corrected chi connectivity index (χ4v) is 3.73. The van der Waals surface area contributed by atoms with Gasteiger partial charge in [0.1, 0.15) is 0 Å². The van der Waals surface area contributed by atoms with Crippen LogP contribution in [0.1, 0.15) is 44.4 Å². The van der Waals surface area contributed by atoms with Crippen molar-refractivity contribution in [2.75, 3.05) is 26.7 Å². The van der Waals surface area contributed by atoms with Gasteiger partial charge in [-0.15, -0.1) is 0 Å². The third-order valence-corrected chi connectivity index (χ3v) is 4.70. The van der Waals surface area contributed by atoms with Gasteiger partial charge in [-0.2, -0.15) is 0 Å². The van der Waals surface area contributed by atoms with Gasteiger partial charge >= 0.3 is 0 Å². The quantitative estimate of drug-likeness (QED) is 0.882. The zero-order valence-electron chi connectivity index (χ0n) is 13.7. The Kier molecular flexibility index (Phi) is 4.87. The molecule has 1 aliphatic rings. The first-order valence-corrected chi connectivity index (χ1v) is 7.89. The molecule has 0 radical (unpaired) electrons. The van der Waals surface area contributed by atoms with Crippen LogP contribution in [0.2, 0.25) is 0 Å². The minimum atomic E-state index is 0.421. The van der Waals surface area contributed by atoms with Crippen LogP contribution in [0.3, 0.4) is 0 Å².